The Morgan fingerprint density at radius 1 is 1.11 bits per heavy atom. The molecule has 6 nitrogen and oxygen atoms in total. The average Bonchev–Trinajstić information content (AvgIpc) is 3.08. The number of benzene rings is 2. The van der Waals surface area contributed by atoms with Gasteiger partial charge in [0.25, 0.3) is 0 Å². The molecule has 6 heteroatoms. The zero-order chi connectivity index (χ0) is 18.4. The molecule has 2 aromatic carbocycles. The Morgan fingerprint density at radius 3 is 2.74 bits per heavy atom. The minimum Gasteiger partial charge on any atom is -0.493 e. The van der Waals surface area contributed by atoms with E-state index in [1.165, 1.54) is 16.8 Å². The number of aromatic nitrogens is 3. The largest absolute Gasteiger partial charge is 0.493 e. The van der Waals surface area contributed by atoms with Crippen LogP contribution in [0.25, 0.3) is 5.70 Å². The standard InChI is InChI=1S/C21H21N5O/c1-25(2)15-9-7-14(8-10-15)20-17-11-12-27-18-6-4-3-5-16(18)19(17)24-21-22-13-23-26(20)21/h3-10,13,20H,11-12H2,1-2H3,(H,22,23,24). The lowest BCUT2D eigenvalue weighted by molar-refractivity contribution is 0.320. The van der Waals surface area contributed by atoms with E-state index in [0.29, 0.717) is 6.61 Å². The van der Waals surface area contributed by atoms with Gasteiger partial charge in [0.15, 0.2) is 0 Å². The summed E-state index contributed by atoms with van der Waals surface area (Å²) >= 11 is 0. The predicted molar refractivity (Wildman–Crippen MR) is 106 cm³/mol. The third kappa shape index (κ3) is 2.56. The van der Waals surface area contributed by atoms with Crippen LogP contribution in [0.4, 0.5) is 11.6 Å². The fourth-order valence-corrected chi connectivity index (χ4v) is 3.87. The lowest BCUT2D eigenvalue weighted by Crippen LogP contribution is -2.25. The Balaban J connectivity index is 1.68. The van der Waals surface area contributed by atoms with Crippen molar-refractivity contribution < 1.29 is 4.74 Å². The predicted octanol–water partition coefficient (Wildman–Crippen LogP) is 3.55. The van der Waals surface area contributed by atoms with Gasteiger partial charge < -0.3 is 15.0 Å². The van der Waals surface area contributed by atoms with Crippen LogP contribution < -0.4 is 15.0 Å². The van der Waals surface area contributed by atoms with Crippen LogP contribution in [0.1, 0.15) is 23.6 Å². The van der Waals surface area contributed by atoms with Gasteiger partial charge in [-0.25, -0.2) is 4.68 Å². The maximum Gasteiger partial charge on any atom is 0.226 e. The van der Waals surface area contributed by atoms with Gasteiger partial charge in [-0.1, -0.05) is 24.3 Å². The topological polar surface area (TPSA) is 55.2 Å². The summed E-state index contributed by atoms with van der Waals surface area (Å²) in [5, 5.41) is 7.99. The second kappa shape index (κ2) is 6.16. The van der Waals surface area contributed by atoms with Gasteiger partial charge in [0.2, 0.25) is 5.95 Å². The van der Waals surface area contributed by atoms with E-state index >= 15 is 0 Å². The van der Waals surface area contributed by atoms with Crippen LogP contribution in [0, 0.1) is 0 Å². The fraction of sp³-hybridized carbons (Fsp3) is 0.238. The zero-order valence-corrected chi connectivity index (χ0v) is 15.4. The number of fused-ring (bicyclic) bond motifs is 3. The molecular weight excluding hydrogens is 338 g/mol. The first-order valence-corrected chi connectivity index (χ1v) is 9.11. The number of nitrogens with one attached hydrogen (secondary N) is 1. The highest BCUT2D eigenvalue weighted by atomic mass is 16.5. The highest BCUT2D eigenvalue weighted by Gasteiger charge is 2.33. The van der Waals surface area contributed by atoms with Crippen molar-refractivity contribution in [1.29, 1.82) is 0 Å². The lowest BCUT2D eigenvalue weighted by atomic mass is 9.91. The number of anilines is 2. The molecule has 1 atom stereocenters. The summed E-state index contributed by atoms with van der Waals surface area (Å²) in [5.41, 5.74) is 5.81. The van der Waals surface area contributed by atoms with Crippen LogP contribution in [-0.4, -0.2) is 35.5 Å². The number of nitrogens with zero attached hydrogens (tertiary/aromatic N) is 4. The van der Waals surface area contributed by atoms with Crippen molar-refractivity contribution in [3.05, 3.63) is 71.6 Å². The van der Waals surface area contributed by atoms with E-state index in [1.807, 2.05) is 22.9 Å². The Hall–Kier alpha value is -3.28. The molecule has 0 saturated carbocycles. The molecule has 0 amide bonds. The maximum atomic E-state index is 6.01. The number of hydrogen-bond donors (Lipinski definition) is 1. The molecule has 2 aliphatic rings. The summed E-state index contributed by atoms with van der Waals surface area (Å²) in [6, 6.07) is 16.8. The van der Waals surface area contributed by atoms with E-state index in [2.05, 4.69) is 64.7 Å². The van der Waals surface area contributed by atoms with Crippen LogP contribution >= 0.6 is 0 Å². The monoisotopic (exact) mass is 359 g/mol. The maximum absolute atomic E-state index is 6.01. The van der Waals surface area contributed by atoms with Crippen molar-refractivity contribution in [3.8, 4) is 5.75 Å². The number of rotatable bonds is 2. The molecule has 3 aromatic rings. The first-order valence-electron chi connectivity index (χ1n) is 9.11. The molecule has 0 saturated heterocycles. The van der Waals surface area contributed by atoms with Crippen molar-refractivity contribution in [2.75, 3.05) is 30.9 Å². The Bertz CT molecular complexity index is 1020. The van der Waals surface area contributed by atoms with Crippen molar-refractivity contribution in [1.82, 2.24) is 14.8 Å². The normalized spacial score (nSPS) is 17.8. The third-order valence-corrected chi connectivity index (χ3v) is 5.22. The summed E-state index contributed by atoms with van der Waals surface area (Å²) in [6.45, 7) is 0.647. The average molecular weight is 359 g/mol. The first kappa shape index (κ1) is 15.9. The van der Waals surface area contributed by atoms with Gasteiger partial charge in [-0.05, 0) is 35.4 Å². The summed E-state index contributed by atoms with van der Waals surface area (Å²) in [5.74, 6) is 1.66. The molecule has 0 radical (unpaired) electrons. The minimum absolute atomic E-state index is 0.00437. The molecule has 0 fully saturated rings. The van der Waals surface area contributed by atoms with Gasteiger partial charge in [-0.3, -0.25) is 0 Å². The van der Waals surface area contributed by atoms with Gasteiger partial charge >= 0.3 is 0 Å². The summed E-state index contributed by atoms with van der Waals surface area (Å²) in [7, 11) is 4.10. The second-order valence-corrected chi connectivity index (χ2v) is 7.04. The molecule has 0 spiro atoms. The highest BCUT2D eigenvalue weighted by molar-refractivity contribution is 5.83. The van der Waals surface area contributed by atoms with Crippen molar-refractivity contribution in [3.63, 3.8) is 0 Å². The van der Waals surface area contributed by atoms with Gasteiger partial charge in [-0.2, -0.15) is 10.1 Å². The van der Waals surface area contributed by atoms with E-state index in [9.17, 15) is 0 Å². The number of para-hydroxylation sites is 1. The minimum atomic E-state index is 0.00437. The Morgan fingerprint density at radius 2 is 1.93 bits per heavy atom. The smallest absolute Gasteiger partial charge is 0.226 e. The molecule has 5 rings (SSSR count). The Labute approximate surface area is 158 Å². The summed E-state index contributed by atoms with van der Waals surface area (Å²) in [6.07, 6.45) is 2.44. The van der Waals surface area contributed by atoms with Gasteiger partial charge in [-0.15, -0.1) is 0 Å². The molecule has 1 aromatic heterocycles. The van der Waals surface area contributed by atoms with Crippen molar-refractivity contribution in [2.45, 2.75) is 12.5 Å². The fourth-order valence-electron chi connectivity index (χ4n) is 3.87. The molecule has 2 aliphatic heterocycles. The van der Waals surface area contributed by atoms with Crippen molar-refractivity contribution >= 4 is 17.3 Å². The van der Waals surface area contributed by atoms with Crippen LogP contribution in [0.15, 0.2) is 60.4 Å². The SMILES string of the molecule is CN(C)c1ccc(C2C3=C(Nc4ncnn42)c2ccccc2OCC3)cc1. The van der Waals surface area contributed by atoms with E-state index < -0.39 is 0 Å². The van der Waals surface area contributed by atoms with Crippen LogP contribution in [0.5, 0.6) is 5.75 Å². The summed E-state index contributed by atoms with van der Waals surface area (Å²) < 4.78 is 7.98. The van der Waals surface area contributed by atoms with E-state index in [4.69, 9.17) is 4.74 Å². The molecule has 27 heavy (non-hydrogen) atoms. The molecule has 1 N–H and O–H groups in total. The third-order valence-electron chi connectivity index (χ3n) is 5.22. The van der Waals surface area contributed by atoms with E-state index in [0.717, 1.165) is 29.4 Å². The summed E-state index contributed by atoms with van der Waals surface area (Å²) in [4.78, 5) is 6.54. The van der Waals surface area contributed by atoms with Crippen molar-refractivity contribution in [2.24, 2.45) is 0 Å². The lowest BCUT2D eigenvalue weighted by Gasteiger charge is -2.30. The number of hydrogen-bond acceptors (Lipinski definition) is 5. The molecule has 3 heterocycles. The molecular formula is C21H21N5O. The Kier molecular flexibility index (Phi) is 3.63. The van der Waals surface area contributed by atoms with Crippen LogP contribution in [-0.2, 0) is 0 Å². The number of ether oxygens (including phenoxy) is 1. The molecule has 1 unspecified atom stereocenters. The quantitative estimate of drug-likeness (QED) is 0.758. The molecule has 136 valence electrons. The second-order valence-electron chi connectivity index (χ2n) is 7.04. The van der Waals surface area contributed by atoms with Crippen LogP contribution in [0.2, 0.25) is 0 Å². The van der Waals surface area contributed by atoms with Crippen LogP contribution in [0.3, 0.4) is 0 Å². The van der Waals surface area contributed by atoms with E-state index in [-0.39, 0.29) is 6.04 Å². The zero-order valence-electron chi connectivity index (χ0n) is 15.4. The molecule has 0 aliphatic carbocycles. The highest BCUT2D eigenvalue weighted by Crippen LogP contribution is 2.43. The first-order chi connectivity index (χ1) is 13.2. The van der Waals surface area contributed by atoms with Gasteiger partial charge in [0, 0.05) is 31.8 Å². The molecule has 0 bridgehead atoms. The van der Waals surface area contributed by atoms with Gasteiger partial charge in [0.05, 0.1) is 12.3 Å². The van der Waals surface area contributed by atoms with Gasteiger partial charge in [0.1, 0.15) is 18.1 Å². The van der Waals surface area contributed by atoms with E-state index in [1.54, 1.807) is 6.33 Å².